The van der Waals surface area contributed by atoms with Gasteiger partial charge < -0.3 is 5.11 Å². The van der Waals surface area contributed by atoms with E-state index < -0.39 is 6.10 Å². The van der Waals surface area contributed by atoms with Crippen molar-refractivity contribution in [3.63, 3.8) is 0 Å². The highest BCUT2D eigenvalue weighted by Crippen LogP contribution is 2.44. The second kappa shape index (κ2) is 5.65. The Morgan fingerprint density at radius 3 is 2.30 bits per heavy atom. The van der Waals surface area contributed by atoms with Crippen molar-refractivity contribution in [3.05, 3.63) is 70.8 Å². The SMILES string of the molecule is CC1=CC(c2ccc3ccccc3c2C(O)C(C)(C)C)C(C)=C1. The summed E-state index contributed by atoms with van der Waals surface area (Å²) in [6.07, 6.45) is 4.05. The van der Waals surface area contributed by atoms with E-state index in [0.717, 1.165) is 10.9 Å². The molecule has 0 aliphatic heterocycles. The molecule has 1 N–H and O–H groups in total. The van der Waals surface area contributed by atoms with Gasteiger partial charge >= 0.3 is 0 Å². The van der Waals surface area contributed by atoms with Gasteiger partial charge in [-0.15, -0.1) is 0 Å². The first-order chi connectivity index (χ1) is 10.8. The molecule has 0 spiro atoms. The van der Waals surface area contributed by atoms with Crippen molar-refractivity contribution in [2.24, 2.45) is 5.41 Å². The number of hydrogen-bond donors (Lipinski definition) is 1. The zero-order valence-electron chi connectivity index (χ0n) is 14.7. The summed E-state index contributed by atoms with van der Waals surface area (Å²) in [4.78, 5) is 0. The molecule has 2 unspecified atom stereocenters. The van der Waals surface area contributed by atoms with E-state index in [1.807, 2.05) is 0 Å². The van der Waals surface area contributed by atoms with E-state index in [-0.39, 0.29) is 11.3 Å². The van der Waals surface area contributed by atoms with E-state index in [2.05, 4.69) is 83.2 Å². The maximum atomic E-state index is 11.1. The van der Waals surface area contributed by atoms with Gasteiger partial charge in [-0.25, -0.2) is 0 Å². The molecule has 0 radical (unpaired) electrons. The predicted molar refractivity (Wildman–Crippen MR) is 98.6 cm³/mol. The monoisotopic (exact) mass is 306 g/mol. The van der Waals surface area contributed by atoms with Gasteiger partial charge in [0.1, 0.15) is 0 Å². The largest absolute Gasteiger partial charge is 0.388 e. The van der Waals surface area contributed by atoms with Crippen molar-refractivity contribution in [2.75, 3.05) is 0 Å². The summed E-state index contributed by atoms with van der Waals surface area (Å²) in [5, 5.41) is 13.5. The van der Waals surface area contributed by atoms with Crippen LogP contribution in [0.5, 0.6) is 0 Å². The zero-order valence-corrected chi connectivity index (χ0v) is 14.7. The number of aliphatic hydroxyl groups is 1. The van der Waals surface area contributed by atoms with Gasteiger partial charge in [-0.2, -0.15) is 0 Å². The predicted octanol–water partition coefficient (Wildman–Crippen LogP) is 5.91. The van der Waals surface area contributed by atoms with Crippen molar-refractivity contribution < 1.29 is 5.11 Å². The Morgan fingerprint density at radius 1 is 1.00 bits per heavy atom. The molecule has 23 heavy (non-hydrogen) atoms. The summed E-state index contributed by atoms with van der Waals surface area (Å²) < 4.78 is 0. The minimum absolute atomic E-state index is 0.201. The molecule has 0 bridgehead atoms. The van der Waals surface area contributed by atoms with Crippen LogP contribution < -0.4 is 0 Å². The maximum absolute atomic E-state index is 11.1. The third-order valence-electron chi connectivity index (χ3n) is 4.81. The lowest BCUT2D eigenvalue weighted by Gasteiger charge is -2.30. The van der Waals surface area contributed by atoms with E-state index in [9.17, 15) is 5.11 Å². The molecule has 1 nitrogen and oxygen atoms in total. The molecule has 3 rings (SSSR count). The average molecular weight is 306 g/mol. The number of hydrogen-bond acceptors (Lipinski definition) is 1. The van der Waals surface area contributed by atoms with Crippen molar-refractivity contribution in [2.45, 2.75) is 46.6 Å². The first-order valence-corrected chi connectivity index (χ1v) is 8.35. The molecular weight excluding hydrogens is 280 g/mol. The van der Waals surface area contributed by atoms with Gasteiger partial charge in [0.25, 0.3) is 0 Å². The molecule has 0 aromatic heterocycles. The topological polar surface area (TPSA) is 20.2 Å². The van der Waals surface area contributed by atoms with Gasteiger partial charge in [-0.3, -0.25) is 0 Å². The summed E-state index contributed by atoms with van der Waals surface area (Å²) in [6.45, 7) is 10.6. The molecule has 1 aliphatic carbocycles. The molecule has 2 atom stereocenters. The lowest BCUT2D eigenvalue weighted by molar-refractivity contribution is 0.0631. The van der Waals surface area contributed by atoms with Crippen LogP contribution in [0.25, 0.3) is 10.8 Å². The maximum Gasteiger partial charge on any atom is 0.0847 e. The zero-order chi connectivity index (χ0) is 16.8. The minimum atomic E-state index is -0.495. The summed E-state index contributed by atoms with van der Waals surface area (Å²) in [5.41, 5.74) is 4.77. The molecule has 0 heterocycles. The second-order valence-electron chi connectivity index (χ2n) is 7.83. The quantitative estimate of drug-likeness (QED) is 0.731. The van der Waals surface area contributed by atoms with Crippen LogP contribution in [0.2, 0.25) is 0 Å². The standard InChI is InChI=1S/C22H26O/c1-14-12-15(2)19(13-14)18-11-10-16-8-6-7-9-17(16)20(18)21(23)22(3,4)5/h6-13,19,21,23H,1-5H3. The Kier molecular flexibility index (Phi) is 3.93. The molecule has 0 saturated heterocycles. The van der Waals surface area contributed by atoms with E-state index >= 15 is 0 Å². The van der Waals surface area contributed by atoms with Gasteiger partial charge in [0.05, 0.1) is 6.10 Å². The van der Waals surface area contributed by atoms with Crippen LogP contribution in [-0.2, 0) is 0 Å². The molecule has 120 valence electrons. The van der Waals surface area contributed by atoms with E-state index in [1.54, 1.807) is 0 Å². The Hall–Kier alpha value is -1.86. The fraction of sp³-hybridized carbons (Fsp3) is 0.364. The highest BCUT2D eigenvalue weighted by Gasteiger charge is 2.30. The average Bonchev–Trinajstić information content (AvgIpc) is 2.83. The Bertz CT molecular complexity index is 802. The van der Waals surface area contributed by atoms with Crippen molar-refractivity contribution in [1.29, 1.82) is 0 Å². The molecule has 2 aromatic carbocycles. The Labute approximate surface area is 139 Å². The van der Waals surface area contributed by atoms with Crippen molar-refractivity contribution in [1.82, 2.24) is 0 Å². The number of allylic oxidation sites excluding steroid dienone is 4. The lowest BCUT2D eigenvalue weighted by atomic mass is 9.78. The van der Waals surface area contributed by atoms with Crippen LogP contribution >= 0.6 is 0 Å². The molecule has 0 fully saturated rings. The Morgan fingerprint density at radius 2 is 1.70 bits per heavy atom. The highest BCUT2D eigenvalue weighted by atomic mass is 16.3. The van der Waals surface area contributed by atoms with Crippen molar-refractivity contribution in [3.8, 4) is 0 Å². The molecule has 0 saturated carbocycles. The van der Waals surface area contributed by atoms with Gasteiger partial charge in [-0.05, 0) is 41.2 Å². The van der Waals surface area contributed by atoms with E-state index in [1.165, 1.54) is 22.1 Å². The molecule has 1 aliphatic rings. The van der Waals surface area contributed by atoms with Crippen LogP contribution in [-0.4, -0.2) is 5.11 Å². The molecular formula is C22H26O. The first kappa shape index (κ1) is 16.0. The van der Waals surface area contributed by atoms with Gasteiger partial charge in [0.15, 0.2) is 0 Å². The Balaban J connectivity index is 2.28. The summed E-state index contributed by atoms with van der Waals surface area (Å²) in [7, 11) is 0. The molecule has 1 heteroatoms. The number of benzene rings is 2. The summed E-state index contributed by atoms with van der Waals surface area (Å²) in [5.74, 6) is 0.270. The third kappa shape index (κ3) is 2.86. The van der Waals surface area contributed by atoms with Crippen LogP contribution in [0.4, 0.5) is 0 Å². The van der Waals surface area contributed by atoms with Crippen LogP contribution in [0.1, 0.15) is 57.8 Å². The smallest absolute Gasteiger partial charge is 0.0847 e. The van der Waals surface area contributed by atoms with Crippen LogP contribution in [0.15, 0.2) is 59.7 Å². The van der Waals surface area contributed by atoms with Crippen LogP contribution in [0, 0.1) is 5.41 Å². The van der Waals surface area contributed by atoms with Gasteiger partial charge in [0.2, 0.25) is 0 Å². The van der Waals surface area contributed by atoms with E-state index in [4.69, 9.17) is 0 Å². The van der Waals surface area contributed by atoms with Crippen molar-refractivity contribution >= 4 is 10.8 Å². The first-order valence-electron chi connectivity index (χ1n) is 8.35. The lowest BCUT2D eigenvalue weighted by Crippen LogP contribution is -2.20. The molecule has 2 aromatic rings. The summed E-state index contributed by atoms with van der Waals surface area (Å²) in [6, 6.07) is 12.7. The fourth-order valence-corrected chi connectivity index (χ4v) is 3.55. The number of fused-ring (bicyclic) bond motifs is 1. The molecule has 0 amide bonds. The fourth-order valence-electron chi connectivity index (χ4n) is 3.55. The minimum Gasteiger partial charge on any atom is -0.388 e. The number of aliphatic hydroxyl groups excluding tert-OH is 1. The third-order valence-corrected chi connectivity index (χ3v) is 4.81. The van der Waals surface area contributed by atoms with Gasteiger partial charge in [0, 0.05) is 5.92 Å². The number of rotatable bonds is 2. The van der Waals surface area contributed by atoms with E-state index in [0.29, 0.717) is 0 Å². The second-order valence-corrected chi connectivity index (χ2v) is 7.83. The summed E-state index contributed by atoms with van der Waals surface area (Å²) >= 11 is 0. The normalized spacial score (nSPS) is 19.7. The van der Waals surface area contributed by atoms with Gasteiger partial charge in [-0.1, -0.05) is 80.5 Å². The van der Waals surface area contributed by atoms with Crippen LogP contribution in [0.3, 0.4) is 0 Å². The highest BCUT2D eigenvalue weighted by molar-refractivity contribution is 5.87.